The fourth-order valence-electron chi connectivity index (χ4n) is 6.69. The number of ketones is 1. The number of hydrogen-bond donors (Lipinski definition) is 2. The molecule has 0 unspecified atom stereocenters. The molecule has 6 rings (SSSR count). The van der Waals surface area contributed by atoms with Crippen LogP contribution in [0.25, 0.3) is 0 Å². The molecule has 5 nitrogen and oxygen atoms in total. The number of phenolic OH excluding ortho intramolecular Hbond substituents is 1. The number of Topliss-reactive ketones (excluding diaryl/α,β-unsaturated/α-hetero) is 1. The highest BCUT2D eigenvalue weighted by Crippen LogP contribution is 2.60. The molecule has 4 aliphatic rings. The Hall–Kier alpha value is -2.37. The summed E-state index contributed by atoms with van der Waals surface area (Å²) in [5.41, 5.74) is 1.13. The van der Waals surface area contributed by atoms with Crippen LogP contribution in [0, 0.1) is 5.92 Å². The number of nitrogens with zero attached hydrogens (tertiary/aromatic N) is 1. The van der Waals surface area contributed by atoms with Crippen LogP contribution in [0.5, 0.6) is 11.5 Å². The molecular weight excluding hydrogens is 402 g/mol. The molecule has 2 aromatic rings. The van der Waals surface area contributed by atoms with Crippen molar-refractivity contribution in [1.29, 1.82) is 0 Å². The van der Waals surface area contributed by atoms with Gasteiger partial charge in [0.2, 0.25) is 0 Å². The van der Waals surface area contributed by atoms with Crippen molar-refractivity contribution in [2.24, 2.45) is 5.92 Å². The van der Waals surface area contributed by atoms with Crippen LogP contribution in [0.4, 0.5) is 0 Å². The number of carbonyl (C=O) groups excluding carboxylic acids is 1. The van der Waals surface area contributed by atoms with Gasteiger partial charge in [-0.05, 0) is 61.8 Å². The van der Waals surface area contributed by atoms with Gasteiger partial charge >= 0.3 is 0 Å². The Morgan fingerprint density at radius 1 is 1.09 bits per heavy atom. The maximum atomic E-state index is 12.7. The van der Waals surface area contributed by atoms with E-state index in [4.69, 9.17) is 4.74 Å². The van der Waals surface area contributed by atoms with E-state index < -0.39 is 11.0 Å². The van der Waals surface area contributed by atoms with Crippen LogP contribution in [0.3, 0.4) is 0 Å². The van der Waals surface area contributed by atoms with Crippen molar-refractivity contribution in [2.45, 2.75) is 68.6 Å². The number of aliphatic hydroxyl groups is 1. The van der Waals surface area contributed by atoms with Crippen molar-refractivity contribution < 1.29 is 19.7 Å². The van der Waals surface area contributed by atoms with Crippen LogP contribution in [-0.4, -0.2) is 45.6 Å². The first-order chi connectivity index (χ1) is 15.5. The summed E-state index contributed by atoms with van der Waals surface area (Å²) in [5, 5.41) is 23.6. The van der Waals surface area contributed by atoms with Gasteiger partial charge in [0.05, 0.1) is 5.60 Å². The third-order valence-electron chi connectivity index (χ3n) is 8.48. The summed E-state index contributed by atoms with van der Waals surface area (Å²) in [4.78, 5) is 15.2. The van der Waals surface area contributed by atoms with E-state index in [9.17, 15) is 15.0 Å². The van der Waals surface area contributed by atoms with Crippen molar-refractivity contribution in [3.8, 4) is 11.5 Å². The molecule has 0 aromatic heterocycles. The maximum absolute atomic E-state index is 12.7. The van der Waals surface area contributed by atoms with E-state index in [0.717, 1.165) is 35.7 Å². The van der Waals surface area contributed by atoms with Gasteiger partial charge in [0.25, 0.3) is 0 Å². The summed E-state index contributed by atoms with van der Waals surface area (Å²) in [6, 6.07) is 13.8. The molecule has 1 saturated heterocycles. The molecule has 1 aliphatic heterocycles. The number of ether oxygens (including phenoxy) is 1. The Morgan fingerprint density at radius 2 is 1.91 bits per heavy atom. The molecule has 0 spiro atoms. The minimum atomic E-state index is -0.990. The molecule has 168 valence electrons. The minimum absolute atomic E-state index is 0.00735. The summed E-state index contributed by atoms with van der Waals surface area (Å²) in [6.07, 6.45) is 5.18. The molecule has 3 fully saturated rings. The topological polar surface area (TPSA) is 70.0 Å². The lowest BCUT2D eigenvalue weighted by Gasteiger charge is -2.63. The van der Waals surface area contributed by atoms with Crippen LogP contribution in [0.2, 0.25) is 0 Å². The predicted molar refractivity (Wildman–Crippen MR) is 121 cm³/mol. The molecule has 0 radical (unpaired) electrons. The van der Waals surface area contributed by atoms with Crippen LogP contribution in [0.15, 0.2) is 42.5 Å². The molecule has 3 atom stereocenters. The zero-order chi connectivity index (χ0) is 21.9. The molecular formula is C27H31NO4. The normalized spacial score (nSPS) is 31.7. The fraction of sp³-hybridized carbons (Fsp3) is 0.519. The third kappa shape index (κ3) is 3.01. The smallest absolute Gasteiger partial charge is 0.161 e. The first kappa shape index (κ1) is 20.3. The van der Waals surface area contributed by atoms with Gasteiger partial charge in [-0.15, -0.1) is 0 Å². The van der Waals surface area contributed by atoms with E-state index in [0.29, 0.717) is 44.5 Å². The summed E-state index contributed by atoms with van der Waals surface area (Å²) in [6.45, 7) is 2.27. The summed E-state index contributed by atoms with van der Waals surface area (Å²) >= 11 is 0. The van der Waals surface area contributed by atoms with Crippen LogP contribution < -0.4 is 4.74 Å². The lowest BCUT2D eigenvalue weighted by Crippen LogP contribution is -2.73. The first-order valence-corrected chi connectivity index (χ1v) is 12.0. The van der Waals surface area contributed by atoms with Gasteiger partial charge in [-0.25, -0.2) is 0 Å². The Morgan fingerprint density at radius 3 is 2.69 bits per heavy atom. The molecule has 3 aliphatic carbocycles. The fourth-order valence-corrected chi connectivity index (χ4v) is 6.69. The molecule has 2 bridgehead atoms. The highest BCUT2D eigenvalue weighted by molar-refractivity contribution is 5.83. The second-order valence-electron chi connectivity index (χ2n) is 10.4. The van der Waals surface area contributed by atoms with E-state index in [1.807, 2.05) is 42.5 Å². The van der Waals surface area contributed by atoms with E-state index in [2.05, 4.69) is 4.90 Å². The number of aromatic hydroxyl groups is 1. The predicted octanol–water partition coefficient (Wildman–Crippen LogP) is 3.73. The Kier molecular flexibility index (Phi) is 4.63. The number of rotatable bonds is 5. The Bertz CT molecular complexity index is 1050. The molecule has 2 aromatic carbocycles. The maximum Gasteiger partial charge on any atom is 0.161 e. The summed E-state index contributed by atoms with van der Waals surface area (Å²) < 4.78 is 6.02. The molecule has 2 saturated carbocycles. The van der Waals surface area contributed by atoms with Crippen molar-refractivity contribution in [1.82, 2.24) is 4.90 Å². The number of likely N-dealkylation sites (tertiary alicyclic amines) is 1. The lowest BCUT2D eigenvalue weighted by atomic mass is 9.49. The zero-order valence-corrected chi connectivity index (χ0v) is 18.4. The SMILES string of the molecule is O=C1CC[C@@]2(O)[C@@H]3Cc4ccc(OCc5ccccc5)c(O)c4[C@@]2(CCN3CC2CC2)C1. The Balaban J connectivity index is 1.40. The van der Waals surface area contributed by atoms with Crippen molar-refractivity contribution in [3.63, 3.8) is 0 Å². The molecule has 2 N–H and O–H groups in total. The van der Waals surface area contributed by atoms with Gasteiger partial charge in [-0.3, -0.25) is 9.69 Å². The Labute approximate surface area is 189 Å². The van der Waals surface area contributed by atoms with Crippen LogP contribution in [0.1, 0.15) is 55.2 Å². The highest BCUT2D eigenvalue weighted by atomic mass is 16.5. The van der Waals surface area contributed by atoms with Crippen molar-refractivity contribution >= 4 is 5.78 Å². The third-order valence-corrected chi connectivity index (χ3v) is 8.48. The minimum Gasteiger partial charge on any atom is -0.504 e. The summed E-state index contributed by atoms with van der Waals surface area (Å²) in [7, 11) is 0. The number of phenols is 1. The van der Waals surface area contributed by atoms with Gasteiger partial charge in [0, 0.05) is 36.4 Å². The standard InChI is InChI=1S/C27H31NO4/c29-21-10-11-27(31)23-14-20-8-9-22(32-17-19-4-2-1-3-5-19)25(30)24(20)26(27,15-21)12-13-28(23)16-18-6-7-18/h1-5,8-9,18,23,30-31H,6-7,10-17H2/t23-,26+,27+/m0/s1. The quantitative estimate of drug-likeness (QED) is 0.752. The number of fused-ring (bicyclic) bond motifs is 1. The molecule has 5 heteroatoms. The van der Waals surface area contributed by atoms with Crippen molar-refractivity contribution in [3.05, 3.63) is 59.2 Å². The zero-order valence-electron chi connectivity index (χ0n) is 18.4. The average Bonchev–Trinajstić information content (AvgIpc) is 3.60. The van der Waals surface area contributed by atoms with Gasteiger partial charge in [-0.2, -0.15) is 0 Å². The molecule has 1 heterocycles. The van der Waals surface area contributed by atoms with Crippen LogP contribution in [-0.2, 0) is 23.2 Å². The van der Waals surface area contributed by atoms with E-state index in [1.165, 1.54) is 12.8 Å². The average molecular weight is 434 g/mol. The van der Waals surface area contributed by atoms with Crippen LogP contribution >= 0.6 is 0 Å². The van der Waals surface area contributed by atoms with E-state index >= 15 is 0 Å². The van der Waals surface area contributed by atoms with Gasteiger partial charge in [0.1, 0.15) is 12.4 Å². The number of hydrogen-bond acceptors (Lipinski definition) is 5. The van der Waals surface area contributed by atoms with Crippen molar-refractivity contribution in [2.75, 3.05) is 13.1 Å². The lowest BCUT2D eigenvalue weighted by molar-refractivity contribution is -0.173. The molecule has 32 heavy (non-hydrogen) atoms. The number of benzene rings is 2. The van der Waals surface area contributed by atoms with Gasteiger partial charge < -0.3 is 14.9 Å². The van der Waals surface area contributed by atoms with E-state index in [-0.39, 0.29) is 17.6 Å². The first-order valence-electron chi connectivity index (χ1n) is 12.0. The monoisotopic (exact) mass is 433 g/mol. The number of carbonyl (C=O) groups is 1. The summed E-state index contributed by atoms with van der Waals surface area (Å²) in [5.74, 6) is 1.48. The second-order valence-corrected chi connectivity index (χ2v) is 10.4. The van der Waals surface area contributed by atoms with Gasteiger partial charge in [0.15, 0.2) is 11.5 Å². The highest BCUT2D eigenvalue weighted by Gasteiger charge is 2.65. The van der Waals surface area contributed by atoms with Gasteiger partial charge in [-0.1, -0.05) is 36.4 Å². The second kappa shape index (κ2) is 7.32. The largest absolute Gasteiger partial charge is 0.504 e. The molecule has 0 amide bonds. The van der Waals surface area contributed by atoms with E-state index in [1.54, 1.807) is 0 Å². The number of piperidine rings is 1.